The summed E-state index contributed by atoms with van der Waals surface area (Å²) >= 11 is 0. The second-order valence-corrected chi connectivity index (χ2v) is 7.22. The minimum Gasteiger partial charge on any atom is -0.315 e. The largest absolute Gasteiger partial charge is 0.315 e. The lowest BCUT2D eigenvalue weighted by molar-refractivity contribution is -0.00219. The van der Waals surface area contributed by atoms with Gasteiger partial charge in [0, 0.05) is 37.3 Å². The summed E-state index contributed by atoms with van der Waals surface area (Å²) in [4.78, 5) is 5.59. The highest BCUT2D eigenvalue weighted by Gasteiger charge is 2.40. The number of piperazine rings is 1. The van der Waals surface area contributed by atoms with E-state index in [-0.39, 0.29) is 0 Å². The SMILES string of the molecule is CNC1CCC(C)CC1N1CC2CCCN2CC1C. The Kier molecular flexibility index (Phi) is 4.16. The topological polar surface area (TPSA) is 18.5 Å². The molecule has 0 aromatic rings. The fraction of sp³-hybridized carbons (Fsp3) is 1.00. The van der Waals surface area contributed by atoms with Gasteiger partial charge in [-0.25, -0.2) is 0 Å². The molecule has 2 heterocycles. The predicted octanol–water partition coefficient (Wildman–Crippen LogP) is 1.93. The first-order valence-corrected chi connectivity index (χ1v) is 8.36. The van der Waals surface area contributed by atoms with Crippen LogP contribution in [0.3, 0.4) is 0 Å². The fourth-order valence-corrected chi connectivity index (χ4v) is 4.73. The van der Waals surface area contributed by atoms with Gasteiger partial charge in [0.05, 0.1) is 0 Å². The van der Waals surface area contributed by atoms with Crippen molar-refractivity contribution >= 4 is 0 Å². The van der Waals surface area contributed by atoms with Gasteiger partial charge in [-0.15, -0.1) is 0 Å². The van der Waals surface area contributed by atoms with Crippen molar-refractivity contribution in [2.75, 3.05) is 26.7 Å². The van der Waals surface area contributed by atoms with Crippen molar-refractivity contribution in [1.82, 2.24) is 15.1 Å². The maximum absolute atomic E-state index is 3.60. The molecule has 3 heteroatoms. The minimum atomic E-state index is 0.714. The van der Waals surface area contributed by atoms with E-state index in [1.807, 2.05) is 0 Å². The third-order valence-corrected chi connectivity index (χ3v) is 5.86. The number of hydrogen-bond acceptors (Lipinski definition) is 3. The van der Waals surface area contributed by atoms with Gasteiger partial charge in [-0.3, -0.25) is 9.80 Å². The van der Waals surface area contributed by atoms with Crippen LogP contribution in [0.25, 0.3) is 0 Å². The van der Waals surface area contributed by atoms with Crippen molar-refractivity contribution in [3.05, 3.63) is 0 Å². The van der Waals surface area contributed by atoms with Gasteiger partial charge in [0.25, 0.3) is 0 Å². The normalized spacial score (nSPS) is 45.3. The van der Waals surface area contributed by atoms with Crippen LogP contribution in [0.4, 0.5) is 0 Å². The van der Waals surface area contributed by atoms with Crippen molar-refractivity contribution in [3.8, 4) is 0 Å². The molecule has 2 saturated heterocycles. The summed E-state index contributed by atoms with van der Waals surface area (Å²) < 4.78 is 0. The molecule has 0 aromatic carbocycles. The van der Waals surface area contributed by atoms with Gasteiger partial charge in [0.2, 0.25) is 0 Å². The summed E-state index contributed by atoms with van der Waals surface area (Å²) in [5, 5.41) is 3.60. The molecule has 0 aromatic heterocycles. The summed E-state index contributed by atoms with van der Waals surface area (Å²) in [7, 11) is 2.16. The van der Waals surface area contributed by atoms with Crippen LogP contribution < -0.4 is 5.32 Å². The van der Waals surface area contributed by atoms with Crippen molar-refractivity contribution in [1.29, 1.82) is 0 Å². The zero-order valence-corrected chi connectivity index (χ0v) is 12.9. The molecule has 2 aliphatic heterocycles. The maximum atomic E-state index is 3.60. The monoisotopic (exact) mass is 265 g/mol. The molecule has 1 N–H and O–H groups in total. The molecule has 0 spiro atoms. The van der Waals surface area contributed by atoms with Crippen LogP contribution in [0.5, 0.6) is 0 Å². The molecule has 19 heavy (non-hydrogen) atoms. The van der Waals surface area contributed by atoms with E-state index in [4.69, 9.17) is 0 Å². The maximum Gasteiger partial charge on any atom is 0.0255 e. The summed E-state index contributed by atoms with van der Waals surface area (Å²) in [6.07, 6.45) is 7.00. The molecule has 5 atom stereocenters. The van der Waals surface area contributed by atoms with Gasteiger partial charge in [-0.1, -0.05) is 6.92 Å². The van der Waals surface area contributed by atoms with Crippen molar-refractivity contribution in [2.24, 2.45) is 5.92 Å². The average Bonchev–Trinajstić information content (AvgIpc) is 2.84. The highest BCUT2D eigenvalue weighted by Crippen LogP contribution is 2.33. The Balaban J connectivity index is 1.71. The molecular formula is C16H31N3. The van der Waals surface area contributed by atoms with Crippen LogP contribution in [0, 0.1) is 5.92 Å². The molecule has 3 nitrogen and oxygen atoms in total. The molecule has 3 fully saturated rings. The molecule has 5 unspecified atom stereocenters. The van der Waals surface area contributed by atoms with E-state index in [1.165, 1.54) is 51.7 Å². The first-order chi connectivity index (χ1) is 9.19. The van der Waals surface area contributed by atoms with E-state index in [0.717, 1.165) is 24.0 Å². The summed E-state index contributed by atoms with van der Waals surface area (Å²) in [5.74, 6) is 0.906. The van der Waals surface area contributed by atoms with Crippen molar-refractivity contribution in [2.45, 2.75) is 70.1 Å². The number of nitrogens with one attached hydrogen (secondary N) is 1. The number of likely N-dealkylation sites (N-methyl/N-ethyl adjacent to an activating group) is 1. The first kappa shape index (κ1) is 13.8. The van der Waals surface area contributed by atoms with Gasteiger partial charge in [0.15, 0.2) is 0 Å². The van der Waals surface area contributed by atoms with Crippen molar-refractivity contribution < 1.29 is 0 Å². The lowest BCUT2D eigenvalue weighted by Gasteiger charge is -2.50. The van der Waals surface area contributed by atoms with Gasteiger partial charge in [-0.2, -0.15) is 0 Å². The van der Waals surface area contributed by atoms with Gasteiger partial charge < -0.3 is 5.32 Å². The van der Waals surface area contributed by atoms with E-state index >= 15 is 0 Å². The second kappa shape index (κ2) is 5.71. The van der Waals surface area contributed by atoms with E-state index in [0.29, 0.717) is 6.04 Å². The lowest BCUT2D eigenvalue weighted by Crippen LogP contribution is -2.63. The molecule has 110 valence electrons. The predicted molar refractivity (Wildman–Crippen MR) is 80.4 cm³/mol. The molecule has 0 radical (unpaired) electrons. The van der Waals surface area contributed by atoms with E-state index in [2.05, 4.69) is 36.0 Å². The molecule has 0 bridgehead atoms. The molecular weight excluding hydrogens is 234 g/mol. The van der Waals surface area contributed by atoms with Gasteiger partial charge in [0.1, 0.15) is 0 Å². The number of fused-ring (bicyclic) bond motifs is 1. The zero-order valence-electron chi connectivity index (χ0n) is 12.9. The van der Waals surface area contributed by atoms with Crippen LogP contribution in [0.1, 0.15) is 46.0 Å². The Morgan fingerprint density at radius 2 is 1.89 bits per heavy atom. The highest BCUT2D eigenvalue weighted by atomic mass is 15.3. The Labute approximate surface area is 118 Å². The third kappa shape index (κ3) is 2.70. The second-order valence-electron chi connectivity index (χ2n) is 7.22. The highest BCUT2D eigenvalue weighted by molar-refractivity contribution is 4.98. The van der Waals surface area contributed by atoms with E-state index in [9.17, 15) is 0 Å². The van der Waals surface area contributed by atoms with Crippen LogP contribution >= 0.6 is 0 Å². The zero-order chi connectivity index (χ0) is 13.4. The molecule has 1 saturated carbocycles. The van der Waals surface area contributed by atoms with Crippen LogP contribution in [-0.2, 0) is 0 Å². The summed E-state index contributed by atoms with van der Waals surface area (Å²) in [5.41, 5.74) is 0. The first-order valence-electron chi connectivity index (χ1n) is 8.36. The third-order valence-electron chi connectivity index (χ3n) is 5.86. The Morgan fingerprint density at radius 3 is 2.68 bits per heavy atom. The number of nitrogens with zero attached hydrogens (tertiary/aromatic N) is 2. The molecule has 3 rings (SSSR count). The Hall–Kier alpha value is -0.120. The molecule has 3 aliphatic rings. The smallest absolute Gasteiger partial charge is 0.0255 e. The minimum absolute atomic E-state index is 0.714. The van der Waals surface area contributed by atoms with E-state index in [1.54, 1.807) is 0 Å². The van der Waals surface area contributed by atoms with Gasteiger partial charge in [-0.05, 0) is 58.5 Å². The number of hydrogen-bond donors (Lipinski definition) is 1. The molecule has 0 amide bonds. The Morgan fingerprint density at radius 1 is 1.05 bits per heavy atom. The van der Waals surface area contributed by atoms with Gasteiger partial charge >= 0.3 is 0 Å². The Bertz CT molecular complexity index is 306. The van der Waals surface area contributed by atoms with Crippen LogP contribution in [0.2, 0.25) is 0 Å². The summed E-state index contributed by atoms with van der Waals surface area (Å²) in [6, 6.07) is 3.07. The molecule has 1 aliphatic carbocycles. The van der Waals surface area contributed by atoms with Crippen LogP contribution in [-0.4, -0.2) is 60.6 Å². The average molecular weight is 265 g/mol. The summed E-state index contributed by atoms with van der Waals surface area (Å²) in [6.45, 7) is 8.85. The fourth-order valence-electron chi connectivity index (χ4n) is 4.73. The lowest BCUT2D eigenvalue weighted by atomic mass is 9.81. The quantitative estimate of drug-likeness (QED) is 0.823. The standard InChI is InChI=1S/C16H31N3/c1-12-6-7-15(17-3)16(9-12)19-11-14-5-4-8-18(14)10-13(19)2/h12-17H,4-11H2,1-3H3. The van der Waals surface area contributed by atoms with E-state index < -0.39 is 0 Å². The van der Waals surface area contributed by atoms with Crippen molar-refractivity contribution in [3.63, 3.8) is 0 Å². The number of rotatable bonds is 2. The van der Waals surface area contributed by atoms with Crippen LogP contribution in [0.15, 0.2) is 0 Å².